The molecule has 0 saturated carbocycles. The van der Waals surface area contributed by atoms with Gasteiger partial charge in [0.1, 0.15) is 0 Å². The number of fused-ring (bicyclic) bond motifs is 1. The molecule has 4 nitrogen and oxygen atoms in total. The fraction of sp³-hybridized carbons (Fsp3) is 0.467. The Morgan fingerprint density at radius 3 is 2.65 bits per heavy atom. The maximum absolute atomic E-state index is 13.5. The van der Waals surface area contributed by atoms with Gasteiger partial charge in [0.15, 0.2) is 0 Å². The van der Waals surface area contributed by atoms with Gasteiger partial charge in [0, 0.05) is 23.7 Å². The first-order valence-electron chi connectivity index (χ1n) is 13.0. The van der Waals surface area contributed by atoms with E-state index in [4.69, 9.17) is 4.99 Å². The van der Waals surface area contributed by atoms with Gasteiger partial charge >= 0.3 is 0 Å². The summed E-state index contributed by atoms with van der Waals surface area (Å²) in [4.78, 5) is 22.6. The summed E-state index contributed by atoms with van der Waals surface area (Å²) in [7, 11) is 2.19. The van der Waals surface area contributed by atoms with Crippen molar-refractivity contribution in [3.05, 3.63) is 82.4 Å². The van der Waals surface area contributed by atoms with Gasteiger partial charge in [-0.2, -0.15) is 0 Å². The molecule has 4 heterocycles. The van der Waals surface area contributed by atoms with Crippen LogP contribution in [-0.4, -0.2) is 41.6 Å². The van der Waals surface area contributed by atoms with Gasteiger partial charge in [0.2, 0.25) is 0 Å². The first kappa shape index (κ1) is 23.0. The quantitative estimate of drug-likeness (QED) is 0.494. The lowest BCUT2D eigenvalue weighted by Gasteiger charge is -2.33. The van der Waals surface area contributed by atoms with Gasteiger partial charge in [-0.1, -0.05) is 31.2 Å². The van der Waals surface area contributed by atoms with Gasteiger partial charge in [0.05, 0.1) is 5.70 Å². The molecule has 4 aliphatic heterocycles. The molecule has 4 heteroatoms. The summed E-state index contributed by atoms with van der Waals surface area (Å²) in [5.74, 6) is 0.879. The van der Waals surface area contributed by atoms with Crippen molar-refractivity contribution in [3.8, 4) is 0 Å². The smallest absolute Gasteiger partial charge is 0.255 e. The molecule has 34 heavy (non-hydrogen) atoms. The van der Waals surface area contributed by atoms with E-state index in [1.807, 2.05) is 11.0 Å². The molecule has 178 valence electrons. The average Bonchev–Trinajstić information content (AvgIpc) is 2.82. The maximum Gasteiger partial charge on any atom is 0.255 e. The fourth-order valence-corrected chi connectivity index (χ4v) is 5.67. The highest BCUT2D eigenvalue weighted by Gasteiger charge is 2.26. The highest BCUT2D eigenvalue weighted by atomic mass is 16.2. The van der Waals surface area contributed by atoms with E-state index in [0.29, 0.717) is 5.92 Å². The van der Waals surface area contributed by atoms with E-state index < -0.39 is 0 Å². The Labute approximate surface area is 204 Å². The molecule has 0 radical (unpaired) electrons. The molecule has 1 aliphatic carbocycles. The van der Waals surface area contributed by atoms with Crippen LogP contribution in [-0.2, 0) is 4.79 Å². The van der Waals surface area contributed by atoms with Crippen molar-refractivity contribution in [2.45, 2.75) is 58.8 Å². The van der Waals surface area contributed by atoms with E-state index in [0.717, 1.165) is 75.0 Å². The van der Waals surface area contributed by atoms with Crippen LogP contribution in [0.5, 0.6) is 0 Å². The van der Waals surface area contributed by atoms with Gasteiger partial charge in [-0.25, -0.2) is 0 Å². The van der Waals surface area contributed by atoms with Crippen molar-refractivity contribution in [1.29, 1.82) is 0 Å². The molecule has 0 bridgehead atoms. The molecule has 1 amide bonds. The van der Waals surface area contributed by atoms with Crippen LogP contribution in [0.3, 0.4) is 0 Å². The molecule has 0 N–H and O–H groups in total. The van der Waals surface area contributed by atoms with E-state index >= 15 is 0 Å². The third-order valence-corrected chi connectivity index (χ3v) is 7.95. The molecule has 1 atom stereocenters. The van der Waals surface area contributed by atoms with Crippen molar-refractivity contribution >= 4 is 11.6 Å². The molecular weight excluding hydrogens is 418 g/mol. The summed E-state index contributed by atoms with van der Waals surface area (Å²) in [6, 6.07) is 0. The van der Waals surface area contributed by atoms with Crippen LogP contribution >= 0.6 is 0 Å². The Hall–Kier alpha value is -2.72. The van der Waals surface area contributed by atoms with E-state index in [2.05, 4.69) is 68.5 Å². The zero-order valence-electron chi connectivity index (χ0n) is 20.9. The minimum absolute atomic E-state index is 0.0605. The minimum atomic E-state index is 0.0605. The van der Waals surface area contributed by atoms with Gasteiger partial charge in [-0.05, 0) is 118 Å². The molecule has 0 aromatic heterocycles. The Balaban J connectivity index is 1.41. The van der Waals surface area contributed by atoms with Crippen LogP contribution in [0.15, 0.2) is 87.4 Å². The molecular formula is C30H37N3O. The number of hydrogen-bond acceptors (Lipinski definition) is 3. The maximum atomic E-state index is 13.5. The Morgan fingerprint density at radius 1 is 1.00 bits per heavy atom. The molecule has 5 rings (SSSR count). The van der Waals surface area contributed by atoms with Crippen LogP contribution in [0.2, 0.25) is 0 Å². The van der Waals surface area contributed by atoms with Crippen molar-refractivity contribution < 1.29 is 4.79 Å². The lowest BCUT2D eigenvalue weighted by Crippen LogP contribution is -2.33. The SMILES string of the molecule is CC1=NC2=C(CCC=C(/C3=C/C(=O)N4C=C(C5CCN(C)CC5)C=CC4=CCC3C)C=C2)CC1. The summed E-state index contributed by atoms with van der Waals surface area (Å²) in [6.07, 6.45) is 24.8. The summed E-state index contributed by atoms with van der Waals surface area (Å²) in [6.45, 7) is 6.60. The summed E-state index contributed by atoms with van der Waals surface area (Å²) >= 11 is 0. The monoisotopic (exact) mass is 455 g/mol. The summed E-state index contributed by atoms with van der Waals surface area (Å²) < 4.78 is 0. The standard InChI is InChI=1S/C30H37N3O/c1-21-7-12-27-13-10-26(23-15-17-32(3)18-16-23)20-33(27)30(34)19-28(21)24-5-4-6-25-9-8-22(2)31-29(25)14-11-24/h5,10-14,19-21,23H,4,6-9,15-18H2,1-3H3/b14-11?,24-5?,27-12?,28-19+. The molecule has 5 aliphatic rings. The Morgan fingerprint density at radius 2 is 1.82 bits per heavy atom. The van der Waals surface area contributed by atoms with E-state index in [1.54, 1.807) is 0 Å². The van der Waals surface area contributed by atoms with Crippen LogP contribution in [0.4, 0.5) is 0 Å². The van der Waals surface area contributed by atoms with E-state index in [-0.39, 0.29) is 11.8 Å². The number of carbonyl (C=O) groups excluding carboxylic acids is 1. The van der Waals surface area contributed by atoms with Gasteiger partial charge in [-0.3, -0.25) is 14.7 Å². The number of likely N-dealkylation sites (tertiary alicyclic amines) is 1. The largest absolute Gasteiger partial charge is 0.306 e. The van der Waals surface area contributed by atoms with Crippen LogP contribution in [0, 0.1) is 11.8 Å². The second-order valence-corrected chi connectivity index (χ2v) is 10.5. The number of aliphatic imine (C=N–C) groups is 1. The zero-order valence-corrected chi connectivity index (χ0v) is 20.9. The number of hydrogen-bond donors (Lipinski definition) is 0. The predicted molar refractivity (Wildman–Crippen MR) is 140 cm³/mol. The first-order valence-corrected chi connectivity index (χ1v) is 13.0. The normalized spacial score (nSPS) is 28.3. The van der Waals surface area contributed by atoms with Crippen LogP contribution in [0.1, 0.15) is 58.8 Å². The molecule has 0 spiro atoms. The first-order chi connectivity index (χ1) is 16.5. The number of carbonyl (C=O) groups is 1. The summed E-state index contributed by atoms with van der Waals surface area (Å²) in [5.41, 5.74) is 8.42. The molecule has 0 aromatic carbocycles. The minimum Gasteiger partial charge on any atom is -0.306 e. The van der Waals surface area contributed by atoms with Crippen LogP contribution < -0.4 is 0 Å². The molecule has 0 aromatic rings. The number of nitrogens with zero attached hydrogens (tertiary/aromatic N) is 3. The number of amides is 1. The lowest BCUT2D eigenvalue weighted by molar-refractivity contribution is -0.122. The Kier molecular flexibility index (Phi) is 6.69. The molecule has 1 fully saturated rings. The van der Waals surface area contributed by atoms with Crippen molar-refractivity contribution in [2.24, 2.45) is 16.8 Å². The second-order valence-electron chi connectivity index (χ2n) is 10.5. The highest BCUT2D eigenvalue weighted by Crippen LogP contribution is 2.35. The van der Waals surface area contributed by atoms with Crippen molar-refractivity contribution in [2.75, 3.05) is 20.1 Å². The third-order valence-electron chi connectivity index (χ3n) is 7.95. The molecule has 1 saturated heterocycles. The Bertz CT molecular complexity index is 1100. The van der Waals surface area contributed by atoms with E-state index in [1.165, 1.54) is 22.4 Å². The topological polar surface area (TPSA) is 35.9 Å². The van der Waals surface area contributed by atoms with E-state index in [9.17, 15) is 4.79 Å². The average molecular weight is 456 g/mol. The van der Waals surface area contributed by atoms with Crippen molar-refractivity contribution in [1.82, 2.24) is 9.80 Å². The number of piperidine rings is 1. The van der Waals surface area contributed by atoms with Gasteiger partial charge in [-0.15, -0.1) is 0 Å². The predicted octanol–water partition coefficient (Wildman–Crippen LogP) is 6.25. The zero-order chi connectivity index (χ0) is 23.7. The van der Waals surface area contributed by atoms with Crippen molar-refractivity contribution in [3.63, 3.8) is 0 Å². The second kappa shape index (κ2) is 9.87. The number of rotatable bonds is 2. The highest BCUT2D eigenvalue weighted by molar-refractivity contribution is 5.92. The lowest BCUT2D eigenvalue weighted by atomic mass is 9.85. The third kappa shape index (κ3) is 4.88. The van der Waals surface area contributed by atoms with Crippen LogP contribution in [0.25, 0.3) is 0 Å². The number of allylic oxidation sites excluding steroid dienone is 10. The summed E-state index contributed by atoms with van der Waals surface area (Å²) in [5, 5.41) is 0. The fourth-order valence-electron chi connectivity index (χ4n) is 5.67. The molecule has 1 unspecified atom stereocenters. The van der Waals surface area contributed by atoms with Gasteiger partial charge in [0.25, 0.3) is 5.91 Å². The van der Waals surface area contributed by atoms with Gasteiger partial charge < -0.3 is 4.90 Å².